The second-order valence-electron chi connectivity index (χ2n) is 8.14. The quantitative estimate of drug-likeness (QED) is 0.868. The first-order chi connectivity index (χ1) is 12.4. The zero-order valence-electron chi connectivity index (χ0n) is 16.0. The molecule has 1 unspecified atom stereocenters. The fraction of sp³-hybridized carbons (Fsp3) is 0.619. The van der Waals surface area contributed by atoms with Crippen molar-refractivity contribution < 1.29 is 9.59 Å². The molecular weight excluding hydrogens is 326 g/mol. The van der Waals surface area contributed by atoms with Crippen LogP contribution in [0.4, 0.5) is 5.69 Å². The Balaban J connectivity index is 1.61. The number of carbonyl (C=O) groups excluding carboxylic acids is 2. The van der Waals surface area contributed by atoms with Crippen molar-refractivity contribution in [2.75, 3.05) is 18.4 Å². The first-order valence-corrected chi connectivity index (χ1v) is 9.89. The summed E-state index contributed by atoms with van der Waals surface area (Å²) in [5.74, 6) is 0.959. The Kier molecular flexibility index (Phi) is 5.97. The Hall–Kier alpha value is -1.88. The van der Waals surface area contributed by atoms with Crippen LogP contribution in [0.25, 0.3) is 0 Å². The van der Waals surface area contributed by atoms with E-state index in [1.54, 1.807) is 0 Å². The van der Waals surface area contributed by atoms with Gasteiger partial charge in [-0.15, -0.1) is 0 Å². The van der Waals surface area contributed by atoms with E-state index in [1.165, 1.54) is 6.42 Å². The summed E-state index contributed by atoms with van der Waals surface area (Å²) < 4.78 is 0. The molecule has 1 aromatic rings. The molecule has 1 aliphatic heterocycles. The summed E-state index contributed by atoms with van der Waals surface area (Å²) in [5, 5.41) is 2.99. The van der Waals surface area contributed by atoms with E-state index in [-0.39, 0.29) is 23.8 Å². The summed E-state index contributed by atoms with van der Waals surface area (Å²) in [4.78, 5) is 27.0. The SMILES string of the molecule is Cc1cc(C(=O)N2CCCC(C)C2)ccc1NC(=O)C[C@@H]1CCC[C@H]1N. The molecule has 1 aliphatic carbocycles. The highest BCUT2D eigenvalue weighted by atomic mass is 16.2. The molecule has 0 radical (unpaired) electrons. The largest absolute Gasteiger partial charge is 0.338 e. The van der Waals surface area contributed by atoms with Gasteiger partial charge in [-0.05, 0) is 68.2 Å². The molecule has 142 valence electrons. The number of amides is 2. The van der Waals surface area contributed by atoms with E-state index in [1.807, 2.05) is 30.0 Å². The molecule has 2 aliphatic rings. The first-order valence-electron chi connectivity index (χ1n) is 9.89. The summed E-state index contributed by atoms with van der Waals surface area (Å²) in [6, 6.07) is 5.71. The van der Waals surface area contributed by atoms with Crippen LogP contribution in [0.15, 0.2) is 18.2 Å². The Bertz CT molecular complexity index is 673. The van der Waals surface area contributed by atoms with E-state index in [2.05, 4.69) is 12.2 Å². The summed E-state index contributed by atoms with van der Waals surface area (Å²) in [7, 11) is 0. The van der Waals surface area contributed by atoms with E-state index in [9.17, 15) is 9.59 Å². The second kappa shape index (κ2) is 8.21. The highest BCUT2D eigenvalue weighted by Crippen LogP contribution is 2.27. The van der Waals surface area contributed by atoms with Gasteiger partial charge >= 0.3 is 0 Å². The monoisotopic (exact) mass is 357 g/mol. The molecule has 1 saturated carbocycles. The van der Waals surface area contributed by atoms with Gasteiger partial charge in [-0.2, -0.15) is 0 Å². The number of hydrogen-bond acceptors (Lipinski definition) is 3. The number of piperidine rings is 1. The number of nitrogens with two attached hydrogens (primary N) is 1. The minimum absolute atomic E-state index is 0.0133. The normalized spacial score (nSPS) is 26.0. The molecule has 1 heterocycles. The fourth-order valence-corrected chi connectivity index (χ4v) is 4.25. The molecule has 0 aromatic heterocycles. The van der Waals surface area contributed by atoms with Crippen LogP contribution in [-0.2, 0) is 4.79 Å². The minimum Gasteiger partial charge on any atom is -0.338 e. The van der Waals surface area contributed by atoms with Gasteiger partial charge in [0, 0.05) is 36.8 Å². The summed E-state index contributed by atoms with van der Waals surface area (Å²) >= 11 is 0. The van der Waals surface area contributed by atoms with Crippen molar-refractivity contribution in [2.45, 2.75) is 58.4 Å². The number of hydrogen-bond donors (Lipinski definition) is 2. The first kappa shape index (κ1) is 18.9. The molecule has 3 rings (SSSR count). The van der Waals surface area contributed by atoms with Crippen LogP contribution in [0.2, 0.25) is 0 Å². The summed E-state index contributed by atoms with van der Waals surface area (Å²) in [5.41, 5.74) is 8.47. The maximum absolute atomic E-state index is 12.7. The third-order valence-corrected chi connectivity index (χ3v) is 5.86. The molecular formula is C21H31N3O2. The number of benzene rings is 1. The number of aryl methyl sites for hydroxylation is 1. The van der Waals surface area contributed by atoms with Crippen LogP contribution in [0.5, 0.6) is 0 Å². The maximum Gasteiger partial charge on any atom is 0.253 e. The molecule has 5 nitrogen and oxygen atoms in total. The van der Waals surface area contributed by atoms with E-state index >= 15 is 0 Å². The zero-order valence-corrected chi connectivity index (χ0v) is 16.0. The van der Waals surface area contributed by atoms with E-state index in [4.69, 9.17) is 5.73 Å². The van der Waals surface area contributed by atoms with Crippen molar-refractivity contribution in [2.24, 2.45) is 17.6 Å². The molecule has 3 atom stereocenters. The van der Waals surface area contributed by atoms with Gasteiger partial charge < -0.3 is 16.0 Å². The lowest BCUT2D eigenvalue weighted by Crippen LogP contribution is -2.39. The van der Waals surface area contributed by atoms with Crippen molar-refractivity contribution >= 4 is 17.5 Å². The van der Waals surface area contributed by atoms with Crippen LogP contribution in [0.3, 0.4) is 0 Å². The van der Waals surface area contributed by atoms with Crippen molar-refractivity contribution in [3.05, 3.63) is 29.3 Å². The molecule has 5 heteroatoms. The van der Waals surface area contributed by atoms with Gasteiger partial charge in [0.1, 0.15) is 0 Å². The van der Waals surface area contributed by atoms with Crippen molar-refractivity contribution in [3.63, 3.8) is 0 Å². The topological polar surface area (TPSA) is 75.4 Å². The number of likely N-dealkylation sites (tertiary alicyclic amines) is 1. The highest BCUT2D eigenvalue weighted by molar-refractivity contribution is 5.96. The average molecular weight is 357 g/mol. The van der Waals surface area contributed by atoms with Gasteiger partial charge in [-0.1, -0.05) is 13.3 Å². The number of anilines is 1. The number of rotatable bonds is 4. The molecule has 1 saturated heterocycles. The van der Waals surface area contributed by atoms with Gasteiger partial charge in [-0.3, -0.25) is 9.59 Å². The second-order valence-corrected chi connectivity index (χ2v) is 8.14. The fourth-order valence-electron chi connectivity index (χ4n) is 4.25. The van der Waals surface area contributed by atoms with Crippen LogP contribution in [0, 0.1) is 18.8 Å². The van der Waals surface area contributed by atoms with Crippen LogP contribution in [0.1, 0.15) is 61.4 Å². The Morgan fingerprint density at radius 3 is 2.69 bits per heavy atom. The third kappa shape index (κ3) is 4.44. The van der Waals surface area contributed by atoms with Crippen molar-refractivity contribution in [1.29, 1.82) is 0 Å². The predicted molar refractivity (Wildman–Crippen MR) is 104 cm³/mol. The van der Waals surface area contributed by atoms with Gasteiger partial charge in [0.05, 0.1) is 0 Å². The molecule has 0 spiro atoms. The van der Waals surface area contributed by atoms with Gasteiger partial charge in [0.25, 0.3) is 5.91 Å². The van der Waals surface area contributed by atoms with Gasteiger partial charge in [0.2, 0.25) is 5.91 Å². The zero-order chi connectivity index (χ0) is 18.7. The molecule has 1 aromatic carbocycles. The third-order valence-electron chi connectivity index (χ3n) is 5.86. The van der Waals surface area contributed by atoms with Crippen LogP contribution >= 0.6 is 0 Å². The Labute approximate surface area is 156 Å². The summed E-state index contributed by atoms with van der Waals surface area (Å²) in [6.45, 7) is 5.80. The highest BCUT2D eigenvalue weighted by Gasteiger charge is 2.26. The lowest BCUT2D eigenvalue weighted by molar-refractivity contribution is -0.117. The lowest BCUT2D eigenvalue weighted by atomic mass is 9.99. The molecule has 2 amide bonds. The Morgan fingerprint density at radius 1 is 1.23 bits per heavy atom. The van der Waals surface area contributed by atoms with Gasteiger partial charge in [0.15, 0.2) is 0 Å². The van der Waals surface area contributed by atoms with Crippen molar-refractivity contribution in [3.8, 4) is 0 Å². The number of nitrogens with one attached hydrogen (secondary N) is 1. The lowest BCUT2D eigenvalue weighted by Gasteiger charge is -2.31. The predicted octanol–water partition coefficient (Wildman–Crippen LogP) is 3.32. The maximum atomic E-state index is 12.7. The minimum atomic E-state index is 0.0133. The molecule has 26 heavy (non-hydrogen) atoms. The van der Waals surface area contributed by atoms with E-state index in [0.717, 1.165) is 50.0 Å². The van der Waals surface area contributed by atoms with Gasteiger partial charge in [-0.25, -0.2) is 0 Å². The van der Waals surface area contributed by atoms with Crippen LogP contribution < -0.4 is 11.1 Å². The summed E-state index contributed by atoms with van der Waals surface area (Å²) in [6.07, 6.45) is 5.91. The number of nitrogens with zero attached hydrogens (tertiary/aromatic N) is 1. The van der Waals surface area contributed by atoms with Crippen molar-refractivity contribution in [1.82, 2.24) is 4.90 Å². The van der Waals surface area contributed by atoms with E-state index in [0.29, 0.717) is 17.9 Å². The standard InChI is InChI=1S/C21H31N3O2/c1-14-5-4-10-24(13-14)21(26)17-8-9-19(15(2)11-17)23-20(25)12-16-6-3-7-18(16)22/h8-9,11,14,16,18H,3-7,10,12-13,22H2,1-2H3,(H,23,25)/t14?,16-,18+/m0/s1. The molecule has 2 fully saturated rings. The molecule has 0 bridgehead atoms. The number of carbonyl (C=O) groups is 2. The molecule has 3 N–H and O–H groups in total. The van der Waals surface area contributed by atoms with Crippen LogP contribution in [-0.4, -0.2) is 35.8 Å². The average Bonchev–Trinajstić information content (AvgIpc) is 3.01. The smallest absolute Gasteiger partial charge is 0.253 e. The van der Waals surface area contributed by atoms with E-state index < -0.39 is 0 Å². The Morgan fingerprint density at radius 2 is 2.04 bits per heavy atom.